The van der Waals surface area contributed by atoms with Crippen molar-refractivity contribution >= 4 is 5.96 Å². The first-order chi connectivity index (χ1) is 11.7. The van der Waals surface area contributed by atoms with E-state index in [2.05, 4.69) is 57.9 Å². The second kappa shape index (κ2) is 8.02. The molecule has 0 radical (unpaired) electrons. The molecule has 0 atom stereocenters. The van der Waals surface area contributed by atoms with E-state index in [0.29, 0.717) is 5.41 Å². The lowest BCUT2D eigenvalue weighted by Gasteiger charge is -2.25. The number of guanidine groups is 1. The minimum absolute atomic E-state index is 0.319. The summed E-state index contributed by atoms with van der Waals surface area (Å²) in [5, 5.41) is 7.01. The Hall–Kier alpha value is -1.55. The molecule has 2 aliphatic rings. The van der Waals surface area contributed by atoms with Crippen LogP contribution in [0, 0.1) is 0 Å². The molecule has 2 saturated carbocycles. The lowest BCUT2D eigenvalue weighted by atomic mass is 9.96. The zero-order valence-corrected chi connectivity index (χ0v) is 15.2. The topological polar surface area (TPSA) is 39.7 Å². The molecule has 132 valence electrons. The highest BCUT2D eigenvalue weighted by atomic mass is 15.2. The van der Waals surface area contributed by atoms with E-state index in [4.69, 9.17) is 0 Å². The van der Waals surface area contributed by atoms with Gasteiger partial charge in [-0.1, -0.05) is 43.2 Å². The predicted octanol–water partition coefficient (Wildman–Crippen LogP) is 2.76. The van der Waals surface area contributed by atoms with Crippen molar-refractivity contribution < 1.29 is 0 Å². The summed E-state index contributed by atoms with van der Waals surface area (Å²) < 4.78 is 0. The van der Waals surface area contributed by atoms with Crippen LogP contribution in [-0.2, 0) is 5.41 Å². The lowest BCUT2D eigenvalue weighted by molar-refractivity contribution is 0.249. The van der Waals surface area contributed by atoms with Crippen LogP contribution in [0.15, 0.2) is 35.3 Å². The lowest BCUT2D eigenvalue weighted by Crippen LogP contribution is -2.44. The van der Waals surface area contributed by atoms with Gasteiger partial charge < -0.3 is 15.5 Å². The fourth-order valence-electron chi connectivity index (χ4n) is 3.86. The van der Waals surface area contributed by atoms with Crippen LogP contribution in [0.3, 0.4) is 0 Å². The Bertz CT molecular complexity index is 530. The van der Waals surface area contributed by atoms with Crippen molar-refractivity contribution in [2.75, 3.05) is 33.7 Å². The van der Waals surface area contributed by atoms with Crippen molar-refractivity contribution in [3.63, 3.8) is 0 Å². The molecular weight excluding hydrogens is 296 g/mol. The molecule has 24 heavy (non-hydrogen) atoms. The van der Waals surface area contributed by atoms with E-state index < -0.39 is 0 Å². The van der Waals surface area contributed by atoms with Gasteiger partial charge in [-0.15, -0.1) is 0 Å². The predicted molar refractivity (Wildman–Crippen MR) is 102 cm³/mol. The van der Waals surface area contributed by atoms with Gasteiger partial charge in [0.2, 0.25) is 0 Å². The normalized spacial score (nSPS) is 20.4. The number of hydrogen-bond donors (Lipinski definition) is 2. The summed E-state index contributed by atoms with van der Waals surface area (Å²) in [7, 11) is 4.11. The first-order valence-corrected chi connectivity index (χ1v) is 9.44. The number of hydrogen-bond acceptors (Lipinski definition) is 2. The molecule has 0 aliphatic heterocycles. The van der Waals surface area contributed by atoms with Crippen molar-refractivity contribution in [3.05, 3.63) is 35.9 Å². The maximum Gasteiger partial charge on any atom is 0.191 e. The molecule has 0 unspecified atom stereocenters. The number of nitrogens with zero attached hydrogens (tertiary/aromatic N) is 2. The van der Waals surface area contributed by atoms with Crippen LogP contribution in [0.1, 0.15) is 44.1 Å². The van der Waals surface area contributed by atoms with E-state index in [1.54, 1.807) is 0 Å². The van der Waals surface area contributed by atoms with Crippen molar-refractivity contribution in [2.24, 2.45) is 4.99 Å². The average Bonchev–Trinajstić information content (AvgIpc) is 3.21. The third kappa shape index (κ3) is 4.29. The van der Waals surface area contributed by atoms with E-state index >= 15 is 0 Å². The summed E-state index contributed by atoms with van der Waals surface area (Å²) in [6, 6.07) is 11.7. The van der Waals surface area contributed by atoms with Gasteiger partial charge in [0.25, 0.3) is 0 Å². The first-order valence-electron chi connectivity index (χ1n) is 9.44. The average molecular weight is 329 g/mol. The summed E-state index contributed by atoms with van der Waals surface area (Å²) in [6.07, 6.45) is 8.06. The largest absolute Gasteiger partial charge is 0.356 e. The van der Waals surface area contributed by atoms with Crippen LogP contribution < -0.4 is 10.6 Å². The minimum atomic E-state index is 0.319. The summed E-state index contributed by atoms with van der Waals surface area (Å²) >= 11 is 0. The monoisotopic (exact) mass is 328 g/mol. The third-order valence-corrected chi connectivity index (χ3v) is 5.76. The van der Waals surface area contributed by atoms with Gasteiger partial charge in [0, 0.05) is 38.1 Å². The van der Waals surface area contributed by atoms with Crippen LogP contribution >= 0.6 is 0 Å². The Morgan fingerprint density at radius 1 is 1.17 bits per heavy atom. The second-order valence-corrected chi connectivity index (χ2v) is 7.42. The quantitative estimate of drug-likeness (QED) is 0.597. The molecule has 2 aliphatic carbocycles. The minimum Gasteiger partial charge on any atom is -0.356 e. The highest BCUT2D eigenvalue weighted by Gasteiger charge is 2.43. The van der Waals surface area contributed by atoms with E-state index in [0.717, 1.165) is 31.6 Å². The van der Waals surface area contributed by atoms with Gasteiger partial charge in [-0.25, -0.2) is 0 Å². The molecule has 2 fully saturated rings. The zero-order valence-electron chi connectivity index (χ0n) is 15.2. The molecule has 0 spiro atoms. The molecule has 2 N–H and O–H groups in total. The van der Waals surface area contributed by atoms with Crippen molar-refractivity contribution in [2.45, 2.75) is 50.0 Å². The van der Waals surface area contributed by atoms with Gasteiger partial charge in [-0.05, 0) is 38.3 Å². The SMILES string of the molecule is CN=C(NCCN(C)C1CCCC1)NCC1(c2ccccc2)CC1. The number of benzene rings is 1. The first kappa shape index (κ1) is 17.3. The van der Waals surface area contributed by atoms with Crippen molar-refractivity contribution in [1.82, 2.24) is 15.5 Å². The molecule has 3 rings (SSSR count). The summed E-state index contributed by atoms with van der Waals surface area (Å²) in [5.74, 6) is 0.928. The van der Waals surface area contributed by atoms with Gasteiger partial charge in [-0.2, -0.15) is 0 Å². The van der Waals surface area contributed by atoms with E-state index in [1.807, 2.05) is 7.05 Å². The number of aliphatic imine (C=N–C) groups is 1. The molecule has 1 aromatic rings. The Balaban J connectivity index is 1.41. The van der Waals surface area contributed by atoms with Crippen molar-refractivity contribution in [3.8, 4) is 0 Å². The number of nitrogens with one attached hydrogen (secondary N) is 2. The Labute approximate surface area is 146 Å². The third-order valence-electron chi connectivity index (χ3n) is 5.76. The number of rotatable bonds is 7. The van der Waals surface area contributed by atoms with E-state index in [1.165, 1.54) is 44.1 Å². The van der Waals surface area contributed by atoms with E-state index in [-0.39, 0.29) is 0 Å². The maximum atomic E-state index is 4.38. The van der Waals surface area contributed by atoms with Crippen LogP contribution in [0.4, 0.5) is 0 Å². The Morgan fingerprint density at radius 2 is 1.88 bits per heavy atom. The Morgan fingerprint density at radius 3 is 2.50 bits per heavy atom. The standard InChI is InChI=1S/C20H32N4/c1-21-19(22-14-15-24(2)18-10-6-7-11-18)23-16-20(12-13-20)17-8-4-3-5-9-17/h3-5,8-9,18H,6-7,10-16H2,1-2H3,(H2,21,22,23). The molecule has 0 bridgehead atoms. The molecule has 0 saturated heterocycles. The fourth-order valence-corrected chi connectivity index (χ4v) is 3.86. The molecule has 0 aromatic heterocycles. The highest BCUT2D eigenvalue weighted by molar-refractivity contribution is 5.79. The molecule has 4 nitrogen and oxygen atoms in total. The summed E-state index contributed by atoms with van der Waals surface area (Å²) in [4.78, 5) is 6.88. The molecule has 0 amide bonds. The second-order valence-electron chi connectivity index (χ2n) is 7.42. The molecule has 0 heterocycles. The number of likely N-dealkylation sites (N-methyl/N-ethyl adjacent to an activating group) is 1. The van der Waals surface area contributed by atoms with Gasteiger partial charge in [0.1, 0.15) is 0 Å². The maximum absolute atomic E-state index is 4.38. The smallest absolute Gasteiger partial charge is 0.191 e. The van der Waals surface area contributed by atoms with Crippen LogP contribution in [0.25, 0.3) is 0 Å². The van der Waals surface area contributed by atoms with E-state index in [9.17, 15) is 0 Å². The highest BCUT2D eigenvalue weighted by Crippen LogP contribution is 2.47. The molecule has 1 aromatic carbocycles. The van der Waals surface area contributed by atoms with Gasteiger partial charge in [0.15, 0.2) is 5.96 Å². The molecule has 4 heteroatoms. The van der Waals surface area contributed by atoms with Gasteiger partial charge >= 0.3 is 0 Å². The zero-order chi connectivity index (χ0) is 16.8. The van der Waals surface area contributed by atoms with Crippen LogP contribution in [-0.4, -0.2) is 50.6 Å². The molecular formula is C20H32N4. The fraction of sp³-hybridized carbons (Fsp3) is 0.650. The summed E-state index contributed by atoms with van der Waals surface area (Å²) in [5.41, 5.74) is 1.77. The van der Waals surface area contributed by atoms with Gasteiger partial charge in [-0.3, -0.25) is 4.99 Å². The van der Waals surface area contributed by atoms with Crippen LogP contribution in [0.2, 0.25) is 0 Å². The Kier molecular flexibility index (Phi) is 5.77. The van der Waals surface area contributed by atoms with Crippen LogP contribution in [0.5, 0.6) is 0 Å². The summed E-state index contributed by atoms with van der Waals surface area (Å²) in [6.45, 7) is 3.00. The van der Waals surface area contributed by atoms with Crippen molar-refractivity contribution in [1.29, 1.82) is 0 Å². The van der Waals surface area contributed by atoms with Gasteiger partial charge in [0.05, 0.1) is 0 Å².